The van der Waals surface area contributed by atoms with E-state index in [1.54, 1.807) is 0 Å². The summed E-state index contributed by atoms with van der Waals surface area (Å²) in [6.07, 6.45) is 4.81. The van der Waals surface area contributed by atoms with Gasteiger partial charge in [0.15, 0.2) is 0 Å². The van der Waals surface area contributed by atoms with Gasteiger partial charge in [-0.25, -0.2) is 0 Å². The summed E-state index contributed by atoms with van der Waals surface area (Å²) >= 11 is 0. The normalized spacial score (nSPS) is 35.4. The topological polar surface area (TPSA) is 52.3 Å². The van der Waals surface area contributed by atoms with Crippen molar-refractivity contribution in [1.82, 2.24) is 0 Å². The van der Waals surface area contributed by atoms with Gasteiger partial charge in [-0.1, -0.05) is 27.2 Å². The maximum absolute atomic E-state index is 11.7. The lowest BCUT2D eigenvalue weighted by molar-refractivity contribution is -0.146. The van der Waals surface area contributed by atoms with Gasteiger partial charge in [0, 0.05) is 6.04 Å². The molecule has 17 heavy (non-hydrogen) atoms. The van der Waals surface area contributed by atoms with E-state index in [1.807, 2.05) is 0 Å². The second-order valence-electron chi connectivity index (χ2n) is 5.78. The van der Waals surface area contributed by atoms with Gasteiger partial charge in [-0.15, -0.1) is 0 Å². The van der Waals surface area contributed by atoms with Crippen LogP contribution in [0.1, 0.15) is 52.9 Å². The Morgan fingerprint density at radius 1 is 1.53 bits per heavy atom. The third kappa shape index (κ3) is 3.01. The van der Waals surface area contributed by atoms with Gasteiger partial charge in [0.25, 0.3) is 0 Å². The zero-order chi connectivity index (χ0) is 13.1. The quantitative estimate of drug-likeness (QED) is 0.770. The van der Waals surface area contributed by atoms with E-state index in [1.165, 1.54) is 20.0 Å². The zero-order valence-electron chi connectivity index (χ0n) is 11.7. The molecule has 1 aliphatic carbocycles. The van der Waals surface area contributed by atoms with Crippen molar-refractivity contribution >= 4 is 5.97 Å². The average Bonchev–Trinajstić information content (AvgIpc) is 2.31. The molecule has 4 unspecified atom stereocenters. The minimum Gasteiger partial charge on any atom is -0.469 e. The Bertz CT molecular complexity index is 267. The molecular formula is C14H27NO2. The highest BCUT2D eigenvalue weighted by molar-refractivity contribution is 5.70. The standard InChI is InChI=1S/C14H27NO2/c1-5-12(15)14(9-13(16)17-4)7-6-10(2)8-11(14)3/h10-12H,5-9,15H2,1-4H3. The maximum Gasteiger partial charge on any atom is 0.306 e. The fourth-order valence-electron chi connectivity index (χ4n) is 3.41. The van der Waals surface area contributed by atoms with E-state index in [9.17, 15) is 4.79 Å². The predicted octanol–water partition coefficient (Wildman–Crippen LogP) is 2.73. The van der Waals surface area contributed by atoms with Crippen LogP contribution < -0.4 is 5.73 Å². The Hall–Kier alpha value is -0.570. The molecule has 1 aliphatic rings. The van der Waals surface area contributed by atoms with Gasteiger partial charge in [-0.2, -0.15) is 0 Å². The molecule has 0 heterocycles. The molecule has 3 heteroatoms. The van der Waals surface area contributed by atoms with Crippen molar-refractivity contribution in [2.45, 2.75) is 58.9 Å². The van der Waals surface area contributed by atoms with Crippen LogP contribution in [0.4, 0.5) is 0 Å². The molecule has 100 valence electrons. The van der Waals surface area contributed by atoms with E-state index in [0.29, 0.717) is 12.3 Å². The lowest BCUT2D eigenvalue weighted by Crippen LogP contribution is -2.50. The second-order valence-corrected chi connectivity index (χ2v) is 5.78. The molecular weight excluding hydrogens is 214 g/mol. The SMILES string of the molecule is CCC(N)C1(CC(=O)OC)CCC(C)CC1C. The van der Waals surface area contributed by atoms with Crippen LogP contribution in [-0.4, -0.2) is 19.1 Å². The van der Waals surface area contributed by atoms with Crippen molar-refractivity contribution < 1.29 is 9.53 Å². The summed E-state index contributed by atoms with van der Waals surface area (Å²) in [5, 5.41) is 0. The summed E-state index contributed by atoms with van der Waals surface area (Å²) < 4.78 is 4.85. The summed E-state index contributed by atoms with van der Waals surface area (Å²) in [5.41, 5.74) is 6.27. The van der Waals surface area contributed by atoms with Crippen molar-refractivity contribution in [3.8, 4) is 0 Å². The van der Waals surface area contributed by atoms with Gasteiger partial charge in [0.1, 0.15) is 0 Å². The van der Waals surface area contributed by atoms with E-state index < -0.39 is 0 Å². The van der Waals surface area contributed by atoms with Crippen molar-refractivity contribution in [3.63, 3.8) is 0 Å². The molecule has 1 saturated carbocycles. The van der Waals surface area contributed by atoms with Crippen LogP contribution in [0.15, 0.2) is 0 Å². The molecule has 0 aromatic rings. The number of methoxy groups -OCH3 is 1. The van der Waals surface area contributed by atoms with Gasteiger partial charge in [0.2, 0.25) is 0 Å². The minimum atomic E-state index is -0.115. The van der Waals surface area contributed by atoms with Gasteiger partial charge in [-0.05, 0) is 36.5 Å². The first-order chi connectivity index (χ1) is 7.96. The largest absolute Gasteiger partial charge is 0.469 e. The summed E-state index contributed by atoms with van der Waals surface area (Å²) in [4.78, 5) is 11.7. The van der Waals surface area contributed by atoms with Gasteiger partial charge < -0.3 is 10.5 Å². The molecule has 0 aliphatic heterocycles. The number of carbonyl (C=O) groups excluding carboxylic acids is 1. The highest BCUT2D eigenvalue weighted by Crippen LogP contribution is 2.48. The Labute approximate surface area is 105 Å². The molecule has 2 N–H and O–H groups in total. The first kappa shape index (κ1) is 14.5. The molecule has 4 atom stereocenters. The number of carbonyl (C=O) groups is 1. The van der Waals surface area contributed by atoms with E-state index in [4.69, 9.17) is 10.5 Å². The van der Waals surface area contributed by atoms with Crippen molar-refractivity contribution in [1.29, 1.82) is 0 Å². The van der Waals surface area contributed by atoms with Crippen molar-refractivity contribution in [2.24, 2.45) is 23.0 Å². The fourth-order valence-corrected chi connectivity index (χ4v) is 3.41. The third-order valence-corrected chi connectivity index (χ3v) is 4.72. The molecule has 0 bridgehead atoms. The average molecular weight is 241 g/mol. The van der Waals surface area contributed by atoms with Crippen LogP contribution in [-0.2, 0) is 9.53 Å². The summed E-state index contributed by atoms with van der Waals surface area (Å²) in [7, 11) is 1.46. The van der Waals surface area contributed by atoms with E-state index in [-0.39, 0.29) is 17.4 Å². The monoisotopic (exact) mass is 241 g/mol. The first-order valence-corrected chi connectivity index (χ1v) is 6.78. The van der Waals surface area contributed by atoms with E-state index >= 15 is 0 Å². The second kappa shape index (κ2) is 5.85. The van der Waals surface area contributed by atoms with Crippen LogP contribution in [0, 0.1) is 17.3 Å². The lowest BCUT2D eigenvalue weighted by atomic mass is 9.59. The molecule has 0 spiro atoms. The molecule has 1 fully saturated rings. The van der Waals surface area contributed by atoms with E-state index in [2.05, 4.69) is 20.8 Å². The highest BCUT2D eigenvalue weighted by atomic mass is 16.5. The van der Waals surface area contributed by atoms with Crippen LogP contribution >= 0.6 is 0 Å². The van der Waals surface area contributed by atoms with Gasteiger partial charge >= 0.3 is 5.97 Å². The first-order valence-electron chi connectivity index (χ1n) is 6.78. The maximum atomic E-state index is 11.7. The van der Waals surface area contributed by atoms with Crippen molar-refractivity contribution in [3.05, 3.63) is 0 Å². The summed E-state index contributed by atoms with van der Waals surface area (Å²) in [6.45, 7) is 6.64. The third-order valence-electron chi connectivity index (χ3n) is 4.72. The molecule has 3 nitrogen and oxygen atoms in total. The van der Waals surface area contributed by atoms with Gasteiger partial charge in [-0.3, -0.25) is 4.79 Å². The smallest absolute Gasteiger partial charge is 0.306 e. The van der Waals surface area contributed by atoms with Crippen LogP contribution in [0.25, 0.3) is 0 Å². The Morgan fingerprint density at radius 3 is 2.65 bits per heavy atom. The molecule has 0 aromatic heterocycles. The fraction of sp³-hybridized carbons (Fsp3) is 0.929. The Balaban J connectivity index is 2.89. The Morgan fingerprint density at radius 2 is 2.18 bits per heavy atom. The van der Waals surface area contributed by atoms with Crippen LogP contribution in [0.2, 0.25) is 0 Å². The van der Waals surface area contributed by atoms with Gasteiger partial charge in [0.05, 0.1) is 13.5 Å². The number of hydrogen-bond donors (Lipinski definition) is 1. The molecule has 0 aromatic carbocycles. The minimum absolute atomic E-state index is 0.0473. The number of nitrogens with two attached hydrogens (primary N) is 1. The van der Waals surface area contributed by atoms with Crippen LogP contribution in [0.3, 0.4) is 0 Å². The number of ether oxygens (including phenoxy) is 1. The lowest BCUT2D eigenvalue weighted by Gasteiger charge is -2.48. The summed E-state index contributed by atoms with van der Waals surface area (Å²) in [5.74, 6) is 1.13. The molecule has 0 saturated heterocycles. The highest BCUT2D eigenvalue weighted by Gasteiger charge is 2.45. The van der Waals surface area contributed by atoms with E-state index in [0.717, 1.165) is 18.8 Å². The molecule has 1 rings (SSSR count). The molecule has 0 amide bonds. The summed E-state index contributed by atoms with van der Waals surface area (Å²) in [6, 6.07) is 0.101. The van der Waals surface area contributed by atoms with Crippen molar-refractivity contribution in [2.75, 3.05) is 7.11 Å². The van der Waals surface area contributed by atoms with Crippen LogP contribution in [0.5, 0.6) is 0 Å². The number of hydrogen-bond acceptors (Lipinski definition) is 3. The zero-order valence-corrected chi connectivity index (χ0v) is 11.7. The number of rotatable bonds is 4. The number of esters is 1. The Kier molecular flexibility index (Phi) is 4.99. The predicted molar refractivity (Wildman–Crippen MR) is 69.5 cm³/mol. The molecule has 0 radical (unpaired) electrons.